The lowest BCUT2D eigenvalue weighted by molar-refractivity contribution is -0.111. The molecule has 0 fully saturated rings. The summed E-state index contributed by atoms with van der Waals surface area (Å²) in [5.41, 5.74) is 5.02. The van der Waals surface area contributed by atoms with E-state index in [0.29, 0.717) is 19.6 Å². The average Bonchev–Trinajstić information content (AvgIpc) is 1.97. The summed E-state index contributed by atoms with van der Waals surface area (Å²) in [6, 6.07) is 0. The molecular weight excluding hydrogens is 136 g/mol. The van der Waals surface area contributed by atoms with Crippen molar-refractivity contribution in [3.63, 3.8) is 0 Å². The number of rotatable bonds is 7. The maximum Gasteiger partial charge on any atom is 0.208 e. The van der Waals surface area contributed by atoms with Crippen LogP contribution in [0.2, 0.25) is 0 Å². The molecule has 10 heavy (non-hydrogen) atoms. The molecule has 5 nitrogen and oxygen atoms in total. The SMILES string of the molecule is NCOCCOCNC=O. The van der Waals surface area contributed by atoms with Gasteiger partial charge in [-0.1, -0.05) is 0 Å². The van der Waals surface area contributed by atoms with Crippen LogP contribution in [0.25, 0.3) is 0 Å². The molecule has 60 valence electrons. The number of amides is 1. The van der Waals surface area contributed by atoms with Gasteiger partial charge in [0.05, 0.1) is 19.9 Å². The quantitative estimate of drug-likeness (QED) is 0.265. The van der Waals surface area contributed by atoms with Crippen LogP contribution in [0, 0.1) is 0 Å². The van der Waals surface area contributed by atoms with Crippen molar-refractivity contribution in [2.75, 3.05) is 26.7 Å². The second-order valence-electron chi connectivity index (χ2n) is 1.45. The fourth-order valence-electron chi connectivity index (χ4n) is 0.366. The largest absolute Gasteiger partial charge is 0.364 e. The molecule has 3 N–H and O–H groups in total. The third-order valence-electron chi connectivity index (χ3n) is 0.759. The molecule has 0 heterocycles. The lowest BCUT2D eigenvalue weighted by atomic mass is 10.8. The average molecular weight is 148 g/mol. The summed E-state index contributed by atoms with van der Waals surface area (Å²) in [6.07, 6.45) is 0.573. The van der Waals surface area contributed by atoms with E-state index in [1.807, 2.05) is 0 Å². The van der Waals surface area contributed by atoms with E-state index in [9.17, 15) is 4.79 Å². The van der Waals surface area contributed by atoms with Crippen LogP contribution in [0.5, 0.6) is 0 Å². The monoisotopic (exact) mass is 148 g/mol. The zero-order valence-corrected chi connectivity index (χ0v) is 5.71. The van der Waals surface area contributed by atoms with E-state index in [1.54, 1.807) is 0 Å². The number of hydrogen-bond donors (Lipinski definition) is 2. The van der Waals surface area contributed by atoms with Crippen LogP contribution >= 0.6 is 0 Å². The normalized spacial score (nSPS) is 9.30. The summed E-state index contributed by atoms with van der Waals surface area (Å²) in [4.78, 5) is 9.65. The first-order valence-electron chi connectivity index (χ1n) is 2.94. The standard InChI is InChI=1S/C5H12N2O3/c6-3-9-1-2-10-5-7-4-8/h4H,1-3,5-6H2,(H,7,8). The molecule has 0 bridgehead atoms. The second kappa shape index (κ2) is 8.35. The van der Waals surface area contributed by atoms with E-state index in [1.165, 1.54) is 0 Å². The fourth-order valence-corrected chi connectivity index (χ4v) is 0.366. The van der Waals surface area contributed by atoms with E-state index in [2.05, 4.69) is 5.32 Å². The third kappa shape index (κ3) is 7.35. The molecule has 0 saturated heterocycles. The molecule has 0 aromatic rings. The highest BCUT2D eigenvalue weighted by Crippen LogP contribution is 1.72. The molecule has 0 spiro atoms. The zero-order chi connectivity index (χ0) is 7.66. The van der Waals surface area contributed by atoms with E-state index >= 15 is 0 Å². The molecule has 0 aliphatic rings. The summed E-state index contributed by atoms with van der Waals surface area (Å²) in [7, 11) is 0. The second-order valence-corrected chi connectivity index (χ2v) is 1.45. The molecular formula is C5H12N2O3. The molecule has 5 heteroatoms. The summed E-state index contributed by atoms with van der Waals surface area (Å²) < 4.78 is 9.60. The summed E-state index contributed by atoms with van der Waals surface area (Å²) in [5, 5.41) is 2.34. The maximum atomic E-state index is 9.65. The highest BCUT2D eigenvalue weighted by molar-refractivity contribution is 5.45. The van der Waals surface area contributed by atoms with Crippen molar-refractivity contribution in [1.82, 2.24) is 5.32 Å². The highest BCUT2D eigenvalue weighted by Gasteiger charge is 1.84. The molecule has 0 radical (unpaired) electrons. The van der Waals surface area contributed by atoms with E-state index in [-0.39, 0.29) is 13.5 Å². The van der Waals surface area contributed by atoms with Gasteiger partial charge >= 0.3 is 0 Å². The predicted molar refractivity (Wildman–Crippen MR) is 35.0 cm³/mol. The number of nitrogens with one attached hydrogen (secondary N) is 1. The van der Waals surface area contributed by atoms with Gasteiger partial charge in [0, 0.05) is 0 Å². The van der Waals surface area contributed by atoms with Crippen molar-refractivity contribution in [3.8, 4) is 0 Å². The minimum atomic E-state index is 0.199. The number of nitrogens with two attached hydrogens (primary N) is 1. The van der Waals surface area contributed by atoms with Crippen molar-refractivity contribution in [3.05, 3.63) is 0 Å². The Morgan fingerprint density at radius 1 is 1.40 bits per heavy atom. The molecule has 1 amide bonds. The predicted octanol–water partition coefficient (Wildman–Crippen LogP) is -1.36. The smallest absolute Gasteiger partial charge is 0.208 e. The van der Waals surface area contributed by atoms with Crippen LogP contribution < -0.4 is 11.1 Å². The van der Waals surface area contributed by atoms with Gasteiger partial charge in [-0.25, -0.2) is 0 Å². The van der Waals surface area contributed by atoms with Gasteiger partial charge in [0.25, 0.3) is 0 Å². The minimum Gasteiger partial charge on any atom is -0.364 e. The molecule has 0 aromatic heterocycles. The Morgan fingerprint density at radius 3 is 2.70 bits per heavy atom. The fraction of sp³-hybridized carbons (Fsp3) is 0.800. The van der Waals surface area contributed by atoms with Gasteiger partial charge in [-0.15, -0.1) is 0 Å². The Labute approximate surface area is 59.5 Å². The summed E-state index contributed by atoms with van der Waals surface area (Å²) in [5.74, 6) is 0. The van der Waals surface area contributed by atoms with Crippen molar-refractivity contribution in [1.29, 1.82) is 0 Å². The Balaban J connectivity index is 2.70. The number of carbonyl (C=O) groups excluding carboxylic acids is 1. The Hall–Kier alpha value is -0.650. The van der Waals surface area contributed by atoms with Gasteiger partial charge in [0.1, 0.15) is 6.73 Å². The van der Waals surface area contributed by atoms with Crippen LogP contribution in [0.15, 0.2) is 0 Å². The van der Waals surface area contributed by atoms with Crippen LogP contribution in [-0.4, -0.2) is 33.1 Å². The van der Waals surface area contributed by atoms with Crippen molar-refractivity contribution in [2.45, 2.75) is 0 Å². The van der Waals surface area contributed by atoms with E-state index in [0.717, 1.165) is 0 Å². The van der Waals surface area contributed by atoms with Crippen LogP contribution in [-0.2, 0) is 14.3 Å². The molecule has 0 rings (SSSR count). The topological polar surface area (TPSA) is 73.6 Å². The van der Waals surface area contributed by atoms with Crippen LogP contribution in [0.3, 0.4) is 0 Å². The van der Waals surface area contributed by atoms with Gasteiger partial charge in [-0.2, -0.15) is 0 Å². The van der Waals surface area contributed by atoms with Crippen LogP contribution in [0.4, 0.5) is 0 Å². The van der Waals surface area contributed by atoms with Crippen molar-refractivity contribution >= 4 is 6.41 Å². The Kier molecular flexibility index (Phi) is 7.81. The lowest BCUT2D eigenvalue weighted by Gasteiger charge is -2.01. The molecule has 0 aliphatic heterocycles. The first-order valence-corrected chi connectivity index (χ1v) is 2.94. The van der Waals surface area contributed by atoms with E-state index < -0.39 is 0 Å². The van der Waals surface area contributed by atoms with E-state index in [4.69, 9.17) is 15.2 Å². The zero-order valence-electron chi connectivity index (χ0n) is 5.71. The summed E-state index contributed by atoms with van der Waals surface area (Å²) in [6.45, 7) is 1.32. The molecule has 0 aliphatic carbocycles. The number of ether oxygens (including phenoxy) is 2. The molecule has 0 unspecified atom stereocenters. The Bertz CT molecular complexity index is 79.3. The minimum absolute atomic E-state index is 0.199. The van der Waals surface area contributed by atoms with Gasteiger partial charge < -0.3 is 20.5 Å². The molecule has 0 atom stereocenters. The first kappa shape index (κ1) is 9.35. The molecule has 0 saturated carbocycles. The maximum absolute atomic E-state index is 9.65. The van der Waals surface area contributed by atoms with Gasteiger partial charge in [-0.05, 0) is 0 Å². The van der Waals surface area contributed by atoms with Gasteiger partial charge in [0.2, 0.25) is 6.41 Å². The van der Waals surface area contributed by atoms with Gasteiger partial charge in [0.15, 0.2) is 0 Å². The van der Waals surface area contributed by atoms with Crippen molar-refractivity contribution < 1.29 is 14.3 Å². The molecule has 0 aromatic carbocycles. The number of carbonyl (C=O) groups is 1. The lowest BCUT2D eigenvalue weighted by Crippen LogP contribution is -2.18. The van der Waals surface area contributed by atoms with Crippen LogP contribution in [0.1, 0.15) is 0 Å². The highest BCUT2D eigenvalue weighted by atomic mass is 16.5. The third-order valence-corrected chi connectivity index (χ3v) is 0.759. The first-order chi connectivity index (χ1) is 4.91. The Morgan fingerprint density at radius 2 is 2.10 bits per heavy atom. The van der Waals surface area contributed by atoms with Crippen molar-refractivity contribution in [2.24, 2.45) is 5.73 Å². The van der Waals surface area contributed by atoms with Gasteiger partial charge in [-0.3, -0.25) is 4.79 Å². The summed E-state index contributed by atoms with van der Waals surface area (Å²) >= 11 is 0. The number of hydrogen-bond acceptors (Lipinski definition) is 4.